The van der Waals surface area contributed by atoms with E-state index in [1.807, 2.05) is 13.8 Å². The van der Waals surface area contributed by atoms with Crippen molar-refractivity contribution in [1.29, 1.82) is 0 Å². The van der Waals surface area contributed by atoms with Gasteiger partial charge in [-0.05, 0) is 49.7 Å². The fourth-order valence-electron chi connectivity index (χ4n) is 2.04. The van der Waals surface area contributed by atoms with E-state index in [-0.39, 0.29) is 10.6 Å². The van der Waals surface area contributed by atoms with Gasteiger partial charge in [0.1, 0.15) is 17.2 Å². The Balaban J connectivity index is 2.04. The highest BCUT2D eigenvalue weighted by Crippen LogP contribution is 2.22. The van der Waals surface area contributed by atoms with E-state index >= 15 is 0 Å². The van der Waals surface area contributed by atoms with E-state index < -0.39 is 10.0 Å². The lowest BCUT2D eigenvalue weighted by Gasteiger charge is -2.07. The lowest BCUT2D eigenvalue weighted by molar-refractivity contribution is 0.315. The molecule has 140 valence electrons. The summed E-state index contributed by atoms with van der Waals surface area (Å²) in [4.78, 5) is 2.17. The van der Waals surface area contributed by atoms with E-state index in [1.54, 1.807) is 24.3 Å². The largest absolute Gasteiger partial charge is 0.507 e. The van der Waals surface area contributed by atoms with Crippen molar-refractivity contribution in [3.63, 3.8) is 0 Å². The molecule has 0 aliphatic carbocycles. The van der Waals surface area contributed by atoms with Crippen molar-refractivity contribution < 1.29 is 23.0 Å². The van der Waals surface area contributed by atoms with Crippen LogP contribution >= 0.6 is 0 Å². The number of hydrazone groups is 1. The smallest absolute Gasteiger partial charge is 0.276 e. The monoisotopic (exact) mass is 378 g/mol. The van der Waals surface area contributed by atoms with Crippen LogP contribution in [0.1, 0.15) is 25.8 Å². The predicted octanol–water partition coefficient (Wildman–Crippen LogP) is 2.89. The van der Waals surface area contributed by atoms with Gasteiger partial charge in [-0.1, -0.05) is 6.92 Å². The van der Waals surface area contributed by atoms with Crippen LogP contribution in [0.3, 0.4) is 0 Å². The van der Waals surface area contributed by atoms with E-state index in [1.165, 1.54) is 24.4 Å². The molecule has 0 unspecified atom stereocenters. The molecule has 0 saturated heterocycles. The first-order valence-corrected chi connectivity index (χ1v) is 9.68. The number of hydrogen-bond acceptors (Lipinski definition) is 6. The van der Waals surface area contributed by atoms with Gasteiger partial charge in [0.25, 0.3) is 10.0 Å². The summed E-state index contributed by atoms with van der Waals surface area (Å²) < 4.78 is 35.1. The van der Waals surface area contributed by atoms with Crippen LogP contribution in [0, 0.1) is 0 Å². The molecule has 0 amide bonds. The molecule has 0 aliphatic heterocycles. The van der Waals surface area contributed by atoms with Crippen molar-refractivity contribution in [2.45, 2.75) is 25.2 Å². The SMILES string of the molecule is CCCOc1ccc(C=NNS(=O)(=O)c2ccc(OCC)cc2)c(O)c1. The van der Waals surface area contributed by atoms with E-state index in [4.69, 9.17) is 9.47 Å². The molecule has 0 saturated carbocycles. The topological polar surface area (TPSA) is 97.2 Å². The maximum Gasteiger partial charge on any atom is 0.276 e. The van der Waals surface area contributed by atoms with Crippen molar-refractivity contribution >= 4 is 16.2 Å². The Morgan fingerprint density at radius 2 is 1.77 bits per heavy atom. The molecule has 2 rings (SSSR count). The molecule has 0 aliphatic rings. The molecule has 0 spiro atoms. The fraction of sp³-hybridized carbons (Fsp3) is 0.278. The maximum absolute atomic E-state index is 12.2. The number of hydrogen-bond donors (Lipinski definition) is 2. The Kier molecular flexibility index (Phi) is 6.85. The summed E-state index contributed by atoms with van der Waals surface area (Å²) in [5.41, 5.74) is 0.364. The number of rotatable bonds is 9. The second-order valence-corrected chi connectivity index (χ2v) is 6.99. The average molecular weight is 378 g/mol. The normalized spacial score (nSPS) is 11.5. The quantitative estimate of drug-likeness (QED) is 0.516. The van der Waals surface area contributed by atoms with Gasteiger partial charge in [0.05, 0.1) is 24.3 Å². The number of nitrogens with one attached hydrogen (secondary N) is 1. The highest BCUT2D eigenvalue weighted by molar-refractivity contribution is 7.89. The van der Waals surface area contributed by atoms with Gasteiger partial charge >= 0.3 is 0 Å². The number of benzene rings is 2. The summed E-state index contributed by atoms with van der Waals surface area (Å²) in [6.45, 7) is 4.88. The molecule has 0 heterocycles. The van der Waals surface area contributed by atoms with E-state index in [0.29, 0.717) is 30.3 Å². The minimum atomic E-state index is -3.80. The zero-order valence-electron chi connectivity index (χ0n) is 14.7. The Morgan fingerprint density at radius 3 is 2.38 bits per heavy atom. The summed E-state index contributed by atoms with van der Waals surface area (Å²) in [6, 6.07) is 10.7. The van der Waals surface area contributed by atoms with Crippen LogP contribution in [-0.2, 0) is 10.0 Å². The molecule has 2 N–H and O–H groups in total. The van der Waals surface area contributed by atoms with Crippen molar-refractivity contribution in [1.82, 2.24) is 4.83 Å². The summed E-state index contributed by atoms with van der Waals surface area (Å²) in [5, 5.41) is 13.7. The molecule has 0 bridgehead atoms. The Hall–Kier alpha value is -2.74. The van der Waals surface area contributed by atoms with Gasteiger partial charge in [0.15, 0.2) is 0 Å². The minimum Gasteiger partial charge on any atom is -0.507 e. The lowest BCUT2D eigenvalue weighted by atomic mass is 10.2. The summed E-state index contributed by atoms with van der Waals surface area (Å²) >= 11 is 0. The molecule has 0 atom stereocenters. The first-order valence-electron chi connectivity index (χ1n) is 8.19. The first kappa shape index (κ1) is 19.6. The van der Waals surface area contributed by atoms with Gasteiger partial charge in [0, 0.05) is 11.6 Å². The van der Waals surface area contributed by atoms with E-state index in [2.05, 4.69) is 9.93 Å². The molecule has 26 heavy (non-hydrogen) atoms. The van der Waals surface area contributed by atoms with Crippen LogP contribution in [0.5, 0.6) is 17.2 Å². The number of ether oxygens (including phenoxy) is 2. The van der Waals surface area contributed by atoms with Crippen molar-refractivity contribution in [3.8, 4) is 17.2 Å². The van der Waals surface area contributed by atoms with Gasteiger partial charge in [-0.15, -0.1) is 0 Å². The second kappa shape index (κ2) is 9.10. The second-order valence-electron chi connectivity index (χ2n) is 5.33. The number of sulfonamides is 1. The molecule has 2 aromatic carbocycles. The van der Waals surface area contributed by atoms with Gasteiger partial charge in [-0.3, -0.25) is 0 Å². The molecule has 0 aromatic heterocycles. The van der Waals surface area contributed by atoms with Crippen LogP contribution < -0.4 is 14.3 Å². The summed E-state index contributed by atoms with van der Waals surface area (Å²) in [7, 11) is -3.80. The summed E-state index contributed by atoms with van der Waals surface area (Å²) in [6.07, 6.45) is 2.09. The number of phenolic OH excluding ortho intramolecular Hbond substituents is 1. The van der Waals surface area contributed by atoms with Gasteiger partial charge < -0.3 is 14.6 Å². The van der Waals surface area contributed by atoms with Gasteiger partial charge in [-0.25, -0.2) is 4.83 Å². The Morgan fingerprint density at radius 1 is 1.08 bits per heavy atom. The number of nitrogens with zero attached hydrogens (tertiary/aromatic N) is 1. The van der Waals surface area contributed by atoms with Crippen LogP contribution in [0.15, 0.2) is 52.5 Å². The minimum absolute atomic E-state index is 0.0531. The third-order valence-electron chi connectivity index (χ3n) is 3.30. The lowest BCUT2D eigenvalue weighted by Crippen LogP contribution is -2.18. The van der Waals surface area contributed by atoms with Crippen LogP contribution in [0.2, 0.25) is 0 Å². The number of aromatic hydroxyl groups is 1. The van der Waals surface area contributed by atoms with Crippen molar-refractivity contribution in [2.24, 2.45) is 5.10 Å². The van der Waals surface area contributed by atoms with Gasteiger partial charge in [0.2, 0.25) is 0 Å². The van der Waals surface area contributed by atoms with Crippen LogP contribution in [0.4, 0.5) is 0 Å². The maximum atomic E-state index is 12.2. The molecular formula is C18H22N2O5S. The Labute approximate surface area is 153 Å². The molecule has 0 radical (unpaired) electrons. The van der Waals surface area contributed by atoms with E-state index in [9.17, 15) is 13.5 Å². The zero-order valence-corrected chi connectivity index (χ0v) is 15.5. The first-order chi connectivity index (χ1) is 12.5. The standard InChI is InChI=1S/C18H22N2O5S/c1-3-11-25-16-6-5-14(18(21)12-16)13-19-20-26(22,23)17-9-7-15(8-10-17)24-4-2/h5-10,12-13,20-21H,3-4,11H2,1-2H3. The van der Waals surface area contributed by atoms with E-state index in [0.717, 1.165) is 6.42 Å². The molecule has 0 fully saturated rings. The number of phenols is 1. The Bertz CT molecular complexity index is 848. The van der Waals surface area contributed by atoms with Gasteiger partial charge in [-0.2, -0.15) is 13.5 Å². The van der Waals surface area contributed by atoms with Crippen molar-refractivity contribution in [3.05, 3.63) is 48.0 Å². The predicted molar refractivity (Wildman–Crippen MR) is 99.4 cm³/mol. The van der Waals surface area contributed by atoms with Crippen LogP contribution in [0.25, 0.3) is 0 Å². The molecule has 2 aromatic rings. The third-order valence-corrected chi connectivity index (χ3v) is 4.53. The molecule has 8 heteroatoms. The highest BCUT2D eigenvalue weighted by atomic mass is 32.2. The third kappa shape index (κ3) is 5.38. The summed E-state index contributed by atoms with van der Waals surface area (Å²) in [5.74, 6) is 1.07. The van der Waals surface area contributed by atoms with Crippen LogP contribution in [-0.4, -0.2) is 33.0 Å². The average Bonchev–Trinajstić information content (AvgIpc) is 2.62. The zero-order chi connectivity index (χ0) is 19.0. The molecular weight excluding hydrogens is 356 g/mol. The fourth-order valence-corrected chi connectivity index (χ4v) is 2.83. The molecule has 7 nitrogen and oxygen atoms in total. The van der Waals surface area contributed by atoms with Crippen molar-refractivity contribution in [2.75, 3.05) is 13.2 Å². The highest BCUT2D eigenvalue weighted by Gasteiger charge is 2.12.